The summed E-state index contributed by atoms with van der Waals surface area (Å²) >= 11 is 6.03. The SMILES string of the molecule is O=[N+]([O-])c1c(Nc2cc(C(F)(F)F)ccc2Cl)ncnc1N1CCN(c2ccccc2)CC1. The van der Waals surface area contributed by atoms with E-state index in [0.29, 0.717) is 26.2 Å². The van der Waals surface area contributed by atoms with Gasteiger partial charge in [-0.25, -0.2) is 9.97 Å². The Hall–Kier alpha value is -3.60. The Bertz CT molecular complexity index is 1150. The number of hydrogen-bond donors (Lipinski definition) is 1. The fourth-order valence-corrected chi connectivity index (χ4v) is 3.77. The summed E-state index contributed by atoms with van der Waals surface area (Å²) in [4.78, 5) is 23.2. The van der Waals surface area contributed by atoms with Gasteiger partial charge in [-0.1, -0.05) is 29.8 Å². The number of nitrogens with zero attached hydrogens (tertiary/aromatic N) is 5. The van der Waals surface area contributed by atoms with Crippen LogP contribution in [-0.2, 0) is 6.18 Å². The molecule has 2 aromatic carbocycles. The zero-order valence-electron chi connectivity index (χ0n) is 17.1. The summed E-state index contributed by atoms with van der Waals surface area (Å²) in [6.07, 6.45) is -3.46. The molecule has 3 aromatic rings. The molecule has 1 fully saturated rings. The Morgan fingerprint density at radius 1 is 1.00 bits per heavy atom. The smallest absolute Gasteiger partial charge is 0.368 e. The average Bonchev–Trinajstić information content (AvgIpc) is 2.80. The molecule has 0 aliphatic carbocycles. The van der Waals surface area contributed by atoms with E-state index >= 15 is 0 Å². The van der Waals surface area contributed by atoms with Gasteiger partial charge in [-0.15, -0.1) is 0 Å². The highest BCUT2D eigenvalue weighted by Gasteiger charge is 2.32. The van der Waals surface area contributed by atoms with Crippen LogP contribution in [0.4, 0.5) is 41.9 Å². The summed E-state index contributed by atoms with van der Waals surface area (Å²) in [5, 5.41) is 14.5. The van der Waals surface area contributed by atoms with Gasteiger partial charge in [-0.05, 0) is 30.3 Å². The lowest BCUT2D eigenvalue weighted by Crippen LogP contribution is -2.47. The fourth-order valence-electron chi connectivity index (χ4n) is 3.60. The lowest BCUT2D eigenvalue weighted by atomic mass is 10.2. The van der Waals surface area contributed by atoms with Crippen LogP contribution in [0.1, 0.15) is 5.56 Å². The van der Waals surface area contributed by atoms with Crippen molar-refractivity contribution in [1.82, 2.24) is 9.97 Å². The van der Waals surface area contributed by atoms with Gasteiger partial charge < -0.3 is 15.1 Å². The summed E-state index contributed by atoms with van der Waals surface area (Å²) in [5.41, 5.74) is -0.466. The number of halogens is 4. The fraction of sp³-hybridized carbons (Fsp3) is 0.238. The molecule has 1 saturated heterocycles. The van der Waals surface area contributed by atoms with E-state index in [0.717, 1.165) is 30.2 Å². The Balaban J connectivity index is 1.61. The van der Waals surface area contributed by atoms with Crippen LogP contribution in [-0.4, -0.2) is 41.1 Å². The average molecular weight is 479 g/mol. The molecule has 1 aliphatic heterocycles. The normalized spacial score (nSPS) is 14.3. The highest BCUT2D eigenvalue weighted by molar-refractivity contribution is 6.33. The van der Waals surface area contributed by atoms with Crippen molar-refractivity contribution in [1.29, 1.82) is 0 Å². The monoisotopic (exact) mass is 478 g/mol. The van der Waals surface area contributed by atoms with E-state index < -0.39 is 22.4 Å². The van der Waals surface area contributed by atoms with Crippen LogP contribution in [0, 0.1) is 10.1 Å². The van der Waals surface area contributed by atoms with Crippen molar-refractivity contribution in [3.8, 4) is 0 Å². The molecule has 4 rings (SSSR count). The van der Waals surface area contributed by atoms with Crippen LogP contribution in [0.3, 0.4) is 0 Å². The molecular formula is C21H18ClF3N6O2. The van der Waals surface area contributed by atoms with Gasteiger partial charge in [0, 0.05) is 31.9 Å². The van der Waals surface area contributed by atoms with Gasteiger partial charge in [0.15, 0.2) is 0 Å². The maximum Gasteiger partial charge on any atom is 0.416 e. The van der Waals surface area contributed by atoms with Crippen molar-refractivity contribution < 1.29 is 18.1 Å². The van der Waals surface area contributed by atoms with E-state index in [1.54, 1.807) is 4.90 Å². The lowest BCUT2D eigenvalue weighted by molar-refractivity contribution is -0.383. The van der Waals surface area contributed by atoms with Crippen molar-refractivity contribution >= 4 is 40.3 Å². The molecule has 0 spiro atoms. The second-order valence-corrected chi connectivity index (χ2v) is 7.69. The molecule has 2 heterocycles. The largest absolute Gasteiger partial charge is 0.416 e. The van der Waals surface area contributed by atoms with E-state index in [4.69, 9.17) is 11.6 Å². The maximum absolute atomic E-state index is 13.1. The highest BCUT2D eigenvalue weighted by atomic mass is 35.5. The van der Waals surface area contributed by atoms with Gasteiger partial charge in [-0.2, -0.15) is 13.2 Å². The van der Waals surface area contributed by atoms with E-state index in [-0.39, 0.29) is 22.3 Å². The second kappa shape index (κ2) is 9.10. The molecule has 12 heteroatoms. The zero-order valence-corrected chi connectivity index (χ0v) is 17.8. The quantitative estimate of drug-likeness (QED) is 0.402. The zero-order chi connectivity index (χ0) is 23.6. The van der Waals surface area contributed by atoms with Crippen molar-refractivity contribution in [3.63, 3.8) is 0 Å². The number of aromatic nitrogens is 2. The summed E-state index contributed by atoms with van der Waals surface area (Å²) in [5.74, 6) is -0.148. The van der Waals surface area contributed by atoms with Crippen LogP contribution in [0.15, 0.2) is 54.9 Å². The Labute approximate surface area is 191 Å². The molecule has 0 saturated carbocycles. The molecule has 0 atom stereocenters. The number of benzene rings is 2. The molecule has 33 heavy (non-hydrogen) atoms. The number of para-hydroxylation sites is 1. The standard InChI is InChI=1S/C21H18ClF3N6O2/c22-16-7-6-14(21(23,24)25)12-17(16)28-19-18(31(32)33)20(27-13-26-19)30-10-8-29(9-11-30)15-4-2-1-3-5-15/h1-7,12-13H,8-11H2,(H,26,27,28). The Morgan fingerprint density at radius 3 is 2.30 bits per heavy atom. The first-order valence-corrected chi connectivity index (χ1v) is 10.3. The molecule has 0 unspecified atom stereocenters. The molecule has 1 aromatic heterocycles. The number of hydrogen-bond acceptors (Lipinski definition) is 7. The summed E-state index contributed by atoms with van der Waals surface area (Å²) in [6, 6.07) is 12.5. The molecule has 0 radical (unpaired) electrons. The minimum Gasteiger partial charge on any atom is -0.368 e. The van der Waals surface area contributed by atoms with Gasteiger partial charge in [0.25, 0.3) is 0 Å². The van der Waals surface area contributed by atoms with Gasteiger partial charge in [-0.3, -0.25) is 10.1 Å². The van der Waals surface area contributed by atoms with Crippen LogP contribution in [0.25, 0.3) is 0 Å². The number of alkyl halides is 3. The van der Waals surface area contributed by atoms with Gasteiger partial charge in [0.1, 0.15) is 6.33 Å². The van der Waals surface area contributed by atoms with Crippen molar-refractivity contribution in [2.45, 2.75) is 6.18 Å². The van der Waals surface area contributed by atoms with Gasteiger partial charge in [0.2, 0.25) is 11.6 Å². The Kier molecular flexibility index (Phi) is 6.23. The van der Waals surface area contributed by atoms with Crippen molar-refractivity contribution in [3.05, 3.63) is 75.6 Å². The Morgan fingerprint density at radius 2 is 1.67 bits per heavy atom. The van der Waals surface area contributed by atoms with E-state index in [1.807, 2.05) is 30.3 Å². The van der Waals surface area contributed by atoms with Crippen LogP contribution < -0.4 is 15.1 Å². The van der Waals surface area contributed by atoms with Gasteiger partial charge >= 0.3 is 11.9 Å². The minimum atomic E-state index is -4.60. The number of anilines is 4. The molecule has 8 nitrogen and oxygen atoms in total. The van der Waals surface area contributed by atoms with Crippen molar-refractivity contribution in [2.24, 2.45) is 0 Å². The van der Waals surface area contributed by atoms with Crippen molar-refractivity contribution in [2.75, 3.05) is 41.3 Å². The lowest BCUT2D eigenvalue weighted by Gasteiger charge is -2.36. The number of rotatable bonds is 5. The molecule has 0 amide bonds. The third-order valence-corrected chi connectivity index (χ3v) is 5.56. The predicted molar refractivity (Wildman–Crippen MR) is 119 cm³/mol. The highest BCUT2D eigenvalue weighted by Crippen LogP contribution is 2.38. The molecular weight excluding hydrogens is 461 g/mol. The number of nitro groups is 1. The second-order valence-electron chi connectivity index (χ2n) is 7.28. The molecule has 172 valence electrons. The first-order valence-electron chi connectivity index (χ1n) is 9.92. The van der Waals surface area contributed by atoms with Gasteiger partial charge in [0.05, 0.1) is 21.2 Å². The van der Waals surface area contributed by atoms with Crippen LogP contribution in [0.2, 0.25) is 5.02 Å². The third kappa shape index (κ3) is 4.92. The minimum absolute atomic E-state index is 0.0334. The van der Waals surface area contributed by atoms with Crippen LogP contribution >= 0.6 is 11.6 Å². The van der Waals surface area contributed by atoms with E-state index in [9.17, 15) is 23.3 Å². The third-order valence-electron chi connectivity index (χ3n) is 5.23. The van der Waals surface area contributed by atoms with Crippen LogP contribution in [0.5, 0.6) is 0 Å². The van der Waals surface area contributed by atoms with E-state index in [1.165, 1.54) is 0 Å². The topological polar surface area (TPSA) is 87.4 Å². The maximum atomic E-state index is 13.1. The molecule has 1 aliphatic rings. The van der Waals surface area contributed by atoms with E-state index in [2.05, 4.69) is 20.2 Å². The summed E-state index contributed by atoms with van der Waals surface area (Å²) < 4.78 is 39.3. The summed E-state index contributed by atoms with van der Waals surface area (Å²) in [6.45, 7) is 2.17. The number of nitrogens with one attached hydrogen (secondary N) is 1. The summed E-state index contributed by atoms with van der Waals surface area (Å²) in [7, 11) is 0. The predicted octanol–water partition coefficient (Wildman–Crippen LogP) is 5.13. The first kappa shape index (κ1) is 22.6. The number of piperazine rings is 1. The molecule has 1 N–H and O–H groups in total. The molecule has 0 bridgehead atoms. The first-order chi connectivity index (χ1) is 15.7.